The highest BCUT2D eigenvalue weighted by molar-refractivity contribution is 5.26. The van der Waals surface area contributed by atoms with Gasteiger partial charge in [-0.2, -0.15) is 0 Å². The molecule has 0 fully saturated rings. The molecule has 0 aliphatic carbocycles. The number of hydrazine groups is 1. The molecule has 0 saturated carbocycles. The van der Waals surface area contributed by atoms with Gasteiger partial charge >= 0.3 is 0 Å². The fourth-order valence-electron chi connectivity index (χ4n) is 1.33. The summed E-state index contributed by atoms with van der Waals surface area (Å²) in [5.41, 5.74) is 4.33. The summed E-state index contributed by atoms with van der Waals surface area (Å²) in [4.78, 5) is 0. The van der Waals surface area contributed by atoms with Gasteiger partial charge in [0.15, 0.2) is 0 Å². The van der Waals surface area contributed by atoms with E-state index in [1.54, 1.807) is 6.08 Å². The van der Waals surface area contributed by atoms with E-state index < -0.39 is 0 Å². The molecule has 0 aliphatic rings. The number of rotatable bonds is 6. The lowest BCUT2D eigenvalue weighted by Crippen LogP contribution is -2.21. The van der Waals surface area contributed by atoms with Gasteiger partial charge in [-0.25, -0.2) is 0 Å². The second-order valence-corrected chi connectivity index (χ2v) is 3.40. The molecular weight excluding hydrogens is 212 g/mol. The maximum atomic E-state index is 5.69. The van der Waals surface area contributed by atoms with Gasteiger partial charge in [-0.05, 0) is 24.6 Å². The zero-order valence-electron chi connectivity index (χ0n) is 10.0. The molecule has 0 unspecified atom stereocenters. The number of hydrogen-bond donors (Lipinski definition) is 2. The maximum Gasteiger partial charge on any atom is 0.143 e. The number of allylic oxidation sites excluding steroid dienone is 3. The van der Waals surface area contributed by atoms with Crippen LogP contribution in [0.25, 0.3) is 0 Å². The third kappa shape index (κ3) is 4.17. The van der Waals surface area contributed by atoms with Crippen molar-refractivity contribution in [1.29, 1.82) is 0 Å². The van der Waals surface area contributed by atoms with Crippen molar-refractivity contribution in [3.8, 4) is 0 Å². The second-order valence-electron chi connectivity index (χ2n) is 3.40. The van der Waals surface area contributed by atoms with Crippen molar-refractivity contribution in [2.75, 3.05) is 0 Å². The minimum atomic E-state index is 0.500. The monoisotopic (exact) mass is 230 g/mol. The van der Waals surface area contributed by atoms with Gasteiger partial charge in [-0.1, -0.05) is 43.0 Å². The van der Waals surface area contributed by atoms with E-state index in [9.17, 15) is 0 Å². The molecule has 0 saturated heterocycles. The topological polar surface area (TPSA) is 47.3 Å². The van der Waals surface area contributed by atoms with Gasteiger partial charge in [0, 0.05) is 0 Å². The van der Waals surface area contributed by atoms with E-state index in [4.69, 9.17) is 10.6 Å². The van der Waals surface area contributed by atoms with E-state index in [-0.39, 0.29) is 0 Å². The Morgan fingerprint density at radius 2 is 2.12 bits per heavy atom. The Kier molecular flexibility index (Phi) is 5.61. The zero-order valence-corrected chi connectivity index (χ0v) is 10.0. The summed E-state index contributed by atoms with van der Waals surface area (Å²) in [6.45, 7) is 6.10. The summed E-state index contributed by atoms with van der Waals surface area (Å²) in [5, 5.41) is 0. The molecule has 3 heteroatoms. The molecular formula is C14H18N2O. The van der Waals surface area contributed by atoms with Crippen molar-refractivity contribution >= 4 is 0 Å². The Labute approximate surface area is 102 Å². The molecule has 0 heterocycles. The lowest BCUT2D eigenvalue weighted by atomic mass is 10.2. The number of nitrogens with one attached hydrogen (secondary N) is 1. The summed E-state index contributed by atoms with van der Waals surface area (Å²) < 4.78 is 5.69. The Bertz CT molecular complexity index is 407. The van der Waals surface area contributed by atoms with Crippen molar-refractivity contribution in [1.82, 2.24) is 5.43 Å². The first-order valence-corrected chi connectivity index (χ1v) is 5.44. The fraction of sp³-hybridized carbons (Fsp3) is 0.143. The van der Waals surface area contributed by atoms with Crippen molar-refractivity contribution in [2.45, 2.75) is 13.5 Å². The van der Waals surface area contributed by atoms with Crippen LogP contribution < -0.4 is 11.3 Å². The van der Waals surface area contributed by atoms with Crippen LogP contribution in [0.4, 0.5) is 0 Å². The standard InChI is InChI=1S/C14H18N2O/c1-3-8-14(13(4-2)16-15)17-11-12-9-6-5-7-10-12/h3-10,16H,2,11,15H2,1H3/b8-3-,14-13-. The predicted molar refractivity (Wildman–Crippen MR) is 70.6 cm³/mol. The van der Waals surface area contributed by atoms with Crippen molar-refractivity contribution in [3.63, 3.8) is 0 Å². The molecule has 0 bridgehead atoms. The van der Waals surface area contributed by atoms with Crippen LogP contribution >= 0.6 is 0 Å². The third-order valence-corrected chi connectivity index (χ3v) is 2.18. The maximum absolute atomic E-state index is 5.69. The lowest BCUT2D eigenvalue weighted by molar-refractivity contribution is 0.207. The summed E-state index contributed by atoms with van der Waals surface area (Å²) in [5.74, 6) is 6.07. The molecule has 1 aromatic rings. The van der Waals surface area contributed by atoms with E-state index in [1.165, 1.54) is 0 Å². The number of hydrogen-bond acceptors (Lipinski definition) is 3. The van der Waals surface area contributed by atoms with Crippen LogP contribution in [0.5, 0.6) is 0 Å². The Hall–Kier alpha value is -2.00. The second kappa shape index (κ2) is 7.30. The Morgan fingerprint density at radius 1 is 1.41 bits per heavy atom. The van der Waals surface area contributed by atoms with Crippen LogP contribution in [0.1, 0.15) is 12.5 Å². The Balaban J connectivity index is 2.75. The van der Waals surface area contributed by atoms with E-state index in [2.05, 4.69) is 12.0 Å². The first-order valence-electron chi connectivity index (χ1n) is 5.44. The van der Waals surface area contributed by atoms with Crippen LogP contribution in [-0.4, -0.2) is 0 Å². The fourth-order valence-corrected chi connectivity index (χ4v) is 1.33. The average molecular weight is 230 g/mol. The number of ether oxygens (including phenoxy) is 1. The van der Waals surface area contributed by atoms with Crippen LogP contribution in [-0.2, 0) is 11.3 Å². The summed E-state index contributed by atoms with van der Waals surface area (Å²) in [6.07, 6.45) is 5.36. The third-order valence-electron chi connectivity index (χ3n) is 2.18. The van der Waals surface area contributed by atoms with Gasteiger partial charge in [0.05, 0.1) is 5.70 Å². The molecule has 0 aliphatic heterocycles. The van der Waals surface area contributed by atoms with Gasteiger partial charge in [0.1, 0.15) is 12.4 Å². The van der Waals surface area contributed by atoms with Gasteiger partial charge in [-0.15, -0.1) is 0 Å². The summed E-state index contributed by atoms with van der Waals surface area (Å²) in [6, 6.07) is 9.96. The molecule has 0 atom stereocenters. The molecule has 0 aromatic heterocycles. The normalized spacial score (nSPS) is 12.1. The van der Waals surface area contributed by atoms with E-state index in [0.717, 1.165) is 5.56 Å². The van der Waals surface area contributed by atoms with Gasteiger partial charge < -0.3 is 10.2 Å². The number of benzene rings is 1. The molecule has 3 N–H and O–H groups in total. The predicted octanol–water partition coefficient (Wildman–Crippen LogP) is 2.64. The smallest absolute Gasteiger partial charge is 0.143 e. The first kappa shape index (κ1) is 13.1. The largest absolute Gasteiger partial charge is 0.487 e. The average Bonchev–Trinajstić information content (AvgIpc) is 2.38. The van der Waals surface area contributed by atoms with E-state index in [1.807, 2.05) is 49.4 Å². The van der Waals surface area contributed by atoms with Crippen LogP contribution in [0.15, 0.2) is 66.6 Å². The molecule has 3 nitrogen and oxygen atoms in total. The van der Waals surface area contributed by atoms with Crippen molar-refractivity contribution in [2.24, 2.45) is 5.84 Å². The van der Waals surface area contributed by atoms with E-state index >= 15 is 0 Å². The SMILES string of the molecule is C=C/C(NN)=C(\C=C/C)OCc1ccccc1. The molecule has 0 amide bonds. The summed E-state index contributed by atoms with van der Waals surface area (Å²) in [7, 11) is 0. The Morgan fingerprint density at radius 3 is 2.65 bits per heavy atom. The highest BCUT2D eigenvalue weighted by Gasteiger charge is 2.01. The van der Waals surface area contributed by atoms with Gasteiger partial charge in [0.2, 0.25) is 0 Å². The highest BCUT2D eigenvalue weighted by atomic mass is 16.5. The van der Waals surface area contributed by atoms with Crippen LogP contribution in [0.3, 0.4) is 0 Å². The molecule has 0 spiro atoms. The minimum Gasteiger partial charge on any atom is -0.487 e. The van der Waals surface area contributed by atoms with Gasteiger partial charge in [-0.3, -0.25) is 5.84 Å². The van der Waals surface area contributed by atoms with Crippen molar-refractivity contribution < 1.29 is 4.74 Å². The van der Waals surface area contributed by atoms with Crippen LogP contribution in [0, 0.1) is 0 Å². The minimum absolute atomic E-state index is 0.500. The van der Waals surface area contributed by atoms with E-state index in [0.29, 0.717) is 18.1 Å². The van der Waals surface area contributed by atoms with Crippen LogP contribution in [0.2, 0.25) is 0 Å². The summed E-state index contributed by atoms with van der Waals surface area (Å²) >= 11 is 0. The molecule has 1 aromatic carbocycles. The molecule has 0 radical (unpaired) electrons. The highest BCUT2D eigenvalue weighted by Crippen LogP contribution is 2.10. The first-order chi connectivity index (χ1) is 8.31. The van der Waals surface area contributed by atoms with Crippen molar-refractivity contribution in [3.05, 3.63) is 72.2 Å². The number of nitrogens with two attached hydrogens (primary N) is 1. The molecule has 17 heavy (non-hydrogen) atoms. The molecule has 1 rings (SSSR count). The lowest BCUT2D eigenvalue weighted by Gasteiger charge is -2.11. The van der Waals surface area contributed by atoms with Gasteiger partial charge in [0.25, 0.3) is 0 Å². The quantitative estimate of drug-likeness (QED) is 0.342. The zero-order chi connectivity index (χ0) is 12.5. The molecule has 90 valence electrons.